The molecule has 3 amide bonds. The second-order valence-electron chi connectivity index (χ2n) is 13.5. The van der Waals surface area contributed by atoms with Crippen LogP contribution < -0.4 is 20.9 Å². The van der Waals surface area contributed by atoms with Crippen LogP contribution in [0.1, 0.15) is 54.6 Å². The van der Waals surface area contributed by atoms with Gasteiger partial charge in [0.2, 0.25) is 11.8 Å². The second-order valence-corrected chi connectivity index (χ2v) is 13.5. The highest BCUT2D eigenvalue weighted by Gasteiger charge is 2.32. The zero-order valence-corrected chi connectivity index (χ0v) is 29.2. The maximum atomic E-state index is 14.2. The molecule has 5 aromatic rings. The third-order valence-corrected chi connectivity index (χ3v) is 9.45. The van der Waals surface area contributed by atoms with Crippen LogP contribution in [0.5, 0.6) is 0 Å². The van der Waals surface area contributed by atoms with E-state index in [1.54, 1.807) is 6.20 Å². The lowest BCUT2D eigenvalue weighted by atomic mass is 9.99. The van der Waals surface area contributed by atoms with E-state index in [0.717, 1.165) is 64.6 Å². The van der Waals surface area contributed by atoms with Gasteiger partial charge < -0.3 is 35.6 Å². The Morgan fingerprint density at radius 3 is 1.96 bits per heavy atom. The first-order chi connectivity index (χ1) is 24.7. The summed E-state index contributed by atoms with van der Waals surface area (Å²) in [6.07, 6.45) is 9.55. The fourth-order valence-electron chi connectivity index (χ4n) is 6.87. The van der Waals surface area contributed by atoms with Crippen molar-refractivity contribution in [3.63, 3.8) is 0 Å². The monoisotopic (exact) mass is 691 g/mol. The van der Waals surface area contributed by atoms with Gasteiger partial charge in [0.15, 0.2) is 0 Å². The highest BCUT2D eigenvalue weighted by atomic mass is 16.5. The lowest BCUT2D eigenvalue weighted by molar-refractivity contribution is -0.145. The third kappa shape index (κ3) is 8.22. The minimum absolute atomic E-state index is 0.0498. The molecular weight excluding hydrogens is 646 g/mol. The number of fused-ring (bicyclic) bond motifs is 2. The number of H-pyrrole nitrogens is 2. The predicted octanol–water partition coefficient (Wildman–Crippen LogP) is 4.42. The molecule has 1 fully saturated rings. The van der Waals surface area contributed by atoms with Gasteiger partial charge in [-0.2, -0.15) is 0 Å². The Labute approximate surface area is 296 Å². The molecule has 5 N–H and O–H groups in total. The minimum Gasteiger partial charge on any atom is -0.467 e. The van der Waals surface area contributed by atoms with E-state index >= 15 is 0 Å². The first-order valence-corrected chi connectivity index (χ1v) is 17.5. The van der Waals surface area contributed by atoms with Crippen LogP contribution in [0.15, 0.2) is 79.4 Å². The molecule has 1 aliphatic rings. The number of anilines is 1. The van der Waals surface area contributed by atoms with Crippen LogP contribution in [0.25, 0.3) is 21.8 Å². The molecule has 0 unspecified atom stereocenters. The molecule has 0 bridgehead atoms. The number of carbonyl (C=O) groups is 4. The van der Waals surface area contributed by atoms with Crippen LogP contribution in [0.2, 0.25) is 0 Å². The Balaban J connectivity index is 1.26. The Morgan fingerprint density at radius 1 is 0.784 bits per heavy atom. The van der Waals surface area contributed by atoms with Gasteiger partial charge in [0.1, 0.15) is 18.1 Å². The van der Waals surface area contributed by atoms with Crippen LogP contribution in [-0.2, 0) is 32.0 Å². The third-order valence-electron chi connectivity index (χ3n) is 9.45. The summed E-state index contributed by atoms with van der Waals surface area (Å²) in [7, 11) is 1.28. The smallest absolute Gasteiger partial charge is 0.328 e. The van der Waals surface area contributed by atoms with Crippen LogP contribution in [0, 0.1) is 5.92 Å². The number of esters is 1. The number of methoxy groups -OCH3 is 1. The van der Waals surface area contributed by atoms with Gasteiger partial charge in [-0.15, -0.1) is 0 Å². The van der Waals surface area contributed by atoms with Crippen molar-refractivity contribution >= 4 is 51.2 Å². The molecule has 51 heavy (non-hydrogen) atoms. The predicted molar refractivity (Wildman–Crippen MR) is 196 cm³/mol. The van der Waals surface area contributed by atoms with Crippen LogP contribution >= 0.6 is 0 Å². The topological polar surface area (TPSA) is 161 Å². The van der Waals surface area contributed by atoms with Gasteiger partial charge in [0, 0.05) is 72.5 Å². The normalized spacial score (nSPS) is 14.7. The van der Waals surface area contributed by atoms with E-state index in [9.17, 15) is 19.2 Å². The Morgan fingerprint density at radius 2 is 1.35 bits per heavy atom. The van der Waals surface area contributed by atoms with E-state index in [4.69, 9.17) is 4.74 Å². The number of benzene rings is 2. The quantitative estimate of drug-likeness (QED) is 0.108. The molecule has 1 saturated heterocycles. The molecule has 6 rings (SSSR count). The summed E-state index contributed by atoms with van der Waals surface area (Å²) in [4.78, 5) is 67.9. The average molecular weight is 692 g/mol. The SMILES string of the molecule is COC(=O)[C@H](Cc1c[nH]c2ccccc12)NC(=O)[C@H](Cc1c[nH]c2ccccc12)NC(=O)[C@H](CC(C)C)NC(=O)c1cnccc1N1CCCC1. The molecular formula is C39H45N7O5. The summed E-state index contributed by atoms with van der Waals surface area (Å²) >= 11 is 0. The van der Waals surface area contributed by atoms with Gasteiger partial charge in [-0.05, 0) is 54.5 Å². The number of rotatable bonds is 14. The van der Waals surface area contributed by atoms with Crippen LogP contribution in [0.3, 0.4) is 0 Å². The number of ether oxygens (including phenoxy) is 1. The van der Waals surface area contributed by atoms with Crippen molar-refractivity contribution in [2.75, 3.05) is 25.1 Å². The maximum absolute atomic E-state index is 14.2. The van der Waals surface area contributed by atoms with Crippen molar-refractivity contribution in [1.29, 1.82) is 0 Å². The fourth-order valence-corrected chi connectivity index (χ4v) is 6.87. The number of pyridine rings is 1. The van der Waals surface area contributed by atoms with E-state index < -0.39 is 41.8 Å². The number of nitrogens with one attached hydrogen (secondary N) is 5. The van der Waals surface area contributed by atoms with Crippen molar-refractivity contribution in [1.82, 2.24) is 30.9 Å². The number of aromatic amines is 2. The highest BCUT2D eigenvalue weighted by molar-refractivity contribution is 6.02. The molecule has 2 aromatic carbocycles. The van der Waals surface area contributed by atoms with Crippen molar-refractivity contribution in [3.8, 4) is 0 Å². The van der Waals surface area contributed by atoms with E-state index in [2.05, 4.69) is 35.8 Å². The number of amides is 3. The zero-order chi connectivity index (χ0) is 35.9. The van der Waals surface area contributed by atoms with Crippen LogP contribution in [0.4, 0.5) is 5.69 Å². The molecule has 12 heteroatoms. The standard InChI is InChI=1S/C39H45N7O5/c1-24(2)18-32(43-36(47)29-23-40-15-14-35(29)46-16-8-9-17-46)37(48)44-33(19-25-21-41-30-12-6-4-10-27(25)30)38(49)45-34(39(50)51-3)20-26-22-42-31-13-7-5-11-28(26)31/h4-7,10-15,21-24,32-34,41-42H,8-9,16-20H2,1-3H3,(H,43,47)(H,44,48)(H,45,49)/t32-,33-,34-/m0/s1. The van der Waals surface area contributed by atoms with Crippen molar-refractivity contribution in [3.05, 3.63) is 96.1 Å². The molecule has 0 saturated carbocycles. The van der Waals surface area contributed by atoms with Gasteiger partial charge in [0.25, 0.3) is 5.91 Å². The van der Waals surface area contributed by atoms with E-state index in [-0.39, 0.29) is 18.8 Å². The van der Waals surface area contributed by atoms with Crippen molar-refractivity contribution < 1.29 is 23.9 Å². The second kappa shape index (κ2) is 15.9. The van der Waals surface area contributed by atoms with Gasteiger partial charge in [-0.1, -0.05) is 50.2 Å². The van der Waals surface area contributed by atoms with E-state index in [1.807, 2.05) is 80.8 Å². The summed E-state index contributed by atoms with van der Waals surface area (Å²) in [5, 5.41) is 10.6. The molecule has 266 valence electrons. The first-order valence-electron chi connectivity index (χ1n) is 17.5. The number of para-hydroxylation sites is 2. The molecule has 0 aliphatic carbocycles. The summed E-state index contributed by atoms with van der Waals surface area (Å²) in [6, 6.07) is 14.2. The fraction of sp³-hybridized carbons (Fsp3) is 0.359. The molecule has 12 nitrogen and oxygen atoms in total. The largest absolute Gasteiger partial charge is 0.467 e. The molecule has 1 aliphatic heterocycles. The van der Waals surface area contributed by atoms with Gasteiger partial charge >= 0.3 is 5.97 Å². The number of hydrogen-bond acceptors (Lipinski definition) is 7. The molecule has 3 atom stereocenters. The summed E-state index contributed by atoms with van der Waals surface area (Å²) in [6.45, 7) is 5.62. The lowest BCUT2D eigenvalue weighted by Crippen LogP contribution is -2.57. The molecule has 0 radical (unpaired) electrons. The van der Waals surface area contributed by atoms with Gasteiger partial charge in [0.05, 0.1) is 18.4 Å². The van der Waals surface area contributed by atoms with Gasteiger partial charge in [-0.3, -0.25) is 19.4 Å². The highest BCUT2D eigenvalue weighted by Crippen LogP contribution is 2.25. The van der Waals surface area contributed by atoms with E-state index in [0.29, 0.717) is 12.0 Å². The summed E-state index contributed by atoms with van der Waals surface area (Å²) in [5.74, 6) is -2.03. The Kier molecular flexibility index (Phi) is 11.0. The summed E-state index contributed by atoms with van der Waals surface area (Å²) in [5.41, 5.74) is 4.62. The Hall–Kier alpha value is -5.65. The van der Waals surface area contributed by atoms with E-state index in [1.165, 1.54) is 13.3 Å². The van der Waals surface area contributed by atoms with Gasteiger partial charge in [-0.25, -0.2) is 4.79 Å². The lowest BCUT2D eigenvalue weighted by Gasteiger charge is -2.26. The minimum atomic E-state index is -1.09. The summed E-state index contributed by atoms with van der Waals surface area (Å²) < 4.78 is 5.10. The average Bonchev–Trinajstić information content (AvgIpc) is 3.91. The van der Waals surface area contributed by atoms with Crippen LogP contribution in [-0.4, -0.2) is 77.0 Å². The molecule has 4 heterocycles. The maximum Gasteiger partial charge on any atom is 0.328 e. The molecule has 3 aromatic heterocycles. The van der Waals surface area contributed by atoms with Crippen molar-refractivity contribution in [2.24, 2.45) is 5.92 Å². The first kappa shape index (κ1) is 35.2. The number of nitrogens with zero attached hydrogens (tertiary/aromatic N) is 2. The van der Waals surface area contributed by atoms with Crippen molar-refractivity contribution in [2.45, 2.75) is 64.1 Å². The number of aromatic nitrogens is 3. The number of carbonyl (C=O) groups excluding carboxylic acids is 4. The Bertz CT molecular complexity index is 2010. The molecule has 0 spiro atoms. The number of hydrogen-bond donors (Lipinski definition) is 5. The zero-order valence-electron chi connectivity index (χ0n) is 29.2.